The predicted octanol–water partition coefficient (Wildman–Crippen LogP) is 2.98. The molecule has 1 unspecified atom stereocenters. The smallest absolute Gasteiger partial charge is 0.414 e. The Kier molecular flexibility index (Phi) is 5.00. The first-order chi connectivity index (χ1) is 12.0. The fourth-order valence-electron chi connectivity index (χ4n) is 2.45. The minimum atomic E-state index is -0.591. The highest BCUT2D eigenvalue weighted by molar-refractivity contribution is 9.10. The summed E-state index contributed by atoms with van der Waals surface area (Å²) in [4.78, 5) is 25.2. The van der Waals surface area contributed by atoms with Crippen LogP contribution in [0.1, 0.15) is 0 Å². The fraction of sp³-hybridized carbons (Fsp3) is 0.176. The summed E-state index contributed by atoms with van der Waals surface area (Å²) in [6.45, 7) is 0.478. The Labute approximate surface area is 151 Å². The molecule has 0 saturated carbocycles. The van der Waals surface area contributed by atoms with Gasteiger partial charge < -0.3 is 15.8 Å². The lowest BCUT2D eigenvalue weighted by molar-refractivity contribution is 0.145. The summed E-state index contributed by atoms with van der Waals surface area (Å²) in [5.74, 6) is -0.591. The number of cyclic esters (lactones) is 1. The predicted molar refractivity (Wildman–Crippen MR) is 96.8 cm³/mol. The first kappa shape index (κ1) is 17.4. The first-order valence-electron chi connectivity index (χ1n) is 7.52. The van der Waals surface area contributed by atoms with Crippen LogP contribution in [0.4, 0.5) is 26.2 Å². The quantitative estimate of drug-likeness (QED) is 0.813. The fourth-order valence-corrected chi connectivity index (χ4v) is 2.81. The molecule has 1 saturated heterocycles. The lowest BCUT2D eigenvalue weighted by Crippen LogP contribution is -2.27. The first-order valence-corrected chi connectivity index (χ1v) is 8.32. The van der Waals surface area contributed by atoms with Crippen LogP contribution in [0.5, 0.6) is 0 Å². The average molecular weight is 408 g/mol. The maximum absolute atomic E-state index is 14.4. The summed E-state index contributed by atoms with van der Waals surface area (Å²) in [7, 11) is 0. The van der Waals surface area contributed by atoms with Gasteiger partial charge >= 0.3 is 6.09 Å². The van der Waals surface area contributed by atoms with E-state index in [9.17, 15) is 14.0 Å². The third-order valence-electron chi connectivity index (χ3n) is 3.72. The number of amides is 1. The van der Waals surface area contributed by atoms with E-state index < -0.39 is 18.0 Å². The van der Waals surface area contributed by atoms with Crippen molar-refractivity contribution in [2.45, 2.75) is 6.10 Å². The van der Waals surface area contributed by atoms with Gasteiger partial charge in [-0.25, -0.2) is 9.18 Å². The highest BCUT2D eigenvalue weighted by atomic mass is 79.9. The topological polar surface area (TPSA) is 84.7 Å². The van der Waals surface area contributed by atoms with E-state index in [1.54, 1.807) is 24.3 Å². The van der Waals surface area contributed by atoms with Crippen molar-refractivity contribution in [3.63, 3.8) is 0 Å². The number of carbonyl (C=O) groups excluding carboxylic acids is 1. The maximum Gasteiger partial charge on any atom is 0.414 e. The molecule has 0 aliphatic carbocycles. The van der Waals surface area contributed by atoms with Gasteiger partial charge in [0.05, 0.1) is 23.6 Å². The van der Waals surface area contributed by atoms with E-state index in [4.69, 9.17) is 10.5 Å². The number of nitrogens with two attached hydrogens (primary N) is 1. The molecule has 0 aromatic heterocycles. The third-order valence-corrected chi connectivity index (χ3v) is 4.22. The molecule has 1 atom stereocenters. The van der Waals surface area contributed by atoms with Gasteiger partial charge in [0, 0.05) is 17.1 Å². The third kappa shape index (κ3) is 3.80. The Bertz CT molecular complexity index is 878. The van der Waals surface area contributed by atoms with E-state index in [2.05, 4.69) is 21.2 Å². The van der Waals surface area contributed by atoms with E-state index in [-0.39, 0.29) is 29.9 Å². The van der Waals surface area contributed by atoms with Crippen LogP contribution in [0, 0.1) is 5.82 Å². The number of benzene rings is 1. The molecular weight excluding hydrogens is 393 g/mol. The van der Waals surface area contributed by atoms with Crippen molar-refractivity contribution in [3.05, 3.63) is 63.0 Å². The molecule has 1 aliphatic heterocycles. The number of anilines is 3. The Balaban J connectivity index is 1.85. The van der Waals surface area contributed by atoms with Crippen LogP contribution < -0.4 is 21.4 Å². The molecule has 1 amide bonds. The number of carbonyl (C=O) groups is 1. The van der Waals surface area contributed by atoms with Crippen molar-refractivity contribution in [3.8, 4) is 0 Å². The van der Waals surface area contributed by atoms with Crippen LogP contribution >= 0.6 is 15.9 Å². The molecule has 1 heterocycles. The molecule has 3 rings (SSSR count). The van der Waals surface area contributed by atoms with Crippen LogP contribution in [-0.4, -0.2) is 25.3 Å². The SMILES string of the molecule is NCC1CN(c2ccc(Nc3cccc(Br)cc3=O)c(F)c2)C(=O)O1. The second-order valence-corrected chi connectivity index (χ2v) is 6.39. The number of halogens is 2. The van der Waals surface area contributed by atoms with E-state index >= 15 is 0 Å². The molecule has 8 heteroatoms. The number of ether oxygens (including phenoxy) is 1. The van der Waals surface area contributed by atoms with Gasteiger partial charge in [-0.2, -0.15) is 0 Å². The van der Waals surface area contributed by atoms with E-state index in [1.807, 2.05) is 0 Å². The van der Waals surface area contributed by atoms with Crippen LogP contribution in [0.2, 0.25) is 0 Å². The summed E-state index contributed by atoms with van der Waals surface area (Å²) in [5.41, 5.74) is 5.94. The molecule has 0 bridgehead atoms. The Hall–Kier alpha value is -2.45. The molecule has 0 radical (unpaired) electrons. The summed E-state index contributed by atoms with van der Waals surface area (Å²) < 4.78 is 20.1. The minimum absolute atomic E-state index is 0.131. The lowest BCUT2D eigenvalue weighted by atomic mass is 10.2. The van der Waals surface area contributed by atoms with Gasteiger partial charge in [-0.3, -0.25) is 9.69 Å². The number of hydrogen-bond donors (Lipinski definition) is 2. The van der Waals surface area contributed by atoms with Crippen molar-refractivity contribution < 1.29 is 13.9 Å². The standard InChI is InChI=1S/C17H15BrFN3O3/c18-10-2-1-3-15(16(23)6-10)21-14-5-4-11(7-13(14)19)22-9-12(8-20)25-17(22)24/h1-7,12H,8-9,20H2,(H,21,23). The molecule has 2 aromatic rings. The van der Waals surface area contributed by atoms with Gasteiger partial charge in [-0.15, -0.1) is 0 Å². The summed E-state index contributed by atoms with van der Waals surface area (Å²) in [6, 6.07) is 10.6. The Morgan fingerprint density at radius 2 is 2.04 bits per heavy atom. The molecule has 25 heavy (non-hydrogen) atoms. The number of rotatable bonds is 4. The maximum atomic E-state index is 14.4. The minimum Gasteiger partial charge on any atom is -0.443 e. The number of nitrogens with zero attached hydrogens (tertiary/aromatic N) is 1. The summed E-state index contributed by atoms with van der Waals surface area (Å²) in [5, 5.41) is 2.77. The van der Waals surface area contributed by atoms with Gasteiger partial charge in [0.25, 0.3) is 0 Å². The highest BCUT2D eigenvalue weighted by Gasteiger charge is 2.31. The summed E-state index contributed by atoms with van der Waals surface area (Å²) >= 11 is 3.23. The molecule has 3 N–H and O–H groups in total. The van der Waals surface area contributed by atoms with E-state index in [0.717, 1.165) is 0 Å². The van der Waals surface area contributed by atoms with E-state index in [1.165, 1.54) is 23.1 Å². The number of hydrogen-bond acceptors (Lipinski definition) is 5. The molecule has 1 aliphatic rings. The monoisotopic (exact) mass is 407 g/mol. The van der Waals surface area contributed by atoms with Gasteiger partial charge in [0.2, 0.25) is 5.43 Å². The van der Waals surface area contributed by atoms with Crippen molar-refractivity contribution in [1.29, 1.82) is 0 Å². The second-order valence-electron chi connectivity index (χ2n) is 5.47. The summed E-state index contributed by atoms with van der Waals surface area (Å²) in [6.07, 6.45) is -0.962. The van der Waals surface area contributed by atoms with E-state index in [0.29, 0.717) is 10.2 Å². The van der Waals surface area contributed by atoms with Crippen LogP contribution in [-0.2, 0) is 4.74 Å². The molecule has 0 spiro atoms. The van der Waals surface area contributed by atoms with Crippen molar-refractivity contribution in [1.82, 2.24) is 0 Å². The molecular formula is C17H15BrFN3O3. The van der Waals surface area contributed by atoms with Gasteiger partial charge in [0.15, 0.2) is 0 Å². The average Bonchev–Trinajstić information content (AvgIpc) is 2.88. The lowest BCUT2D eigenvalue weighted by Gasteiger charge is -2.14. The van der Waals surface area contributed by atoms with Crippen LogP contribution in [0.25, 0.3) is 0 Å². The largest absolute Gasteiger partial charge is 0.443 e. The number of nitrogens with one attached hydrogen (secondary N) is 1. The Morgan fingerprint density at radius 1 is 1.24 bits per heavy atom. The Morgan fingerprint density at radius 3 is 2.72 bits per heavy atom. The molecule has 6 nitrogen and oxygen atoms in total. The van der Waals surface area contributed by atoms with Crippen molar-refractivity contribution in [2.75, 3.05) is 23.3 Å². The molecule has 2 aromatic carbocycles. The van der Waals surface area contributed by atoms with Crippen LogP contribution in [0.15, 0.2) is 51.7 Å². The second kappa shape index (κ2) is 7.20. The van der Waals surface area contributed by atoms with Crippen LogP contribution in [0.3, 0.4) is 0 Å². The zero-order valence-electron chi connectivity index (χ0n) is 13.0. The highest BCUT2D eigenvalue weighted by Crippen LogP contribution is 2.27. The normalized spacial score (nSPS) is 16.7. The zero-order chi connectivity index (χ0) is 18.0. The van der Waals surface area contributed by atoms with Gasteiger partial charge in [-0.1, -0.05) is 22.0 Å². The van der Waals surface area contributed by atoms with Gasteiger partial charge in [-0.05, 0) is 30.3 Å². The molecule has 1 fully saturated rings. The molecule has 130 valence electrons. The van der Waals surface area contributed by atoms with Crippen molar-refractivity contribution in [2.24, 2.45) is 5.73 Å². The zero-order valence-corrected chi connectivity index (χ0v) is 14.6. The van der Waals surface area contributed by atoms with Crippen molar-refractivity contribution >= 4 is 39.1 Å². The van der Waals surface area contributed by atoms with Gasteiger partial charge in [0.1, 0.15) is 11.9 Å².